The van der Waals surface area contributed by atoms with Crippen molar-refractivity contribution in [2.24, 2.45) is 11.7 Å². The molecule has 0 saturated carbocycles. The third kappa shape index (κ3) is 4.54. The number of amides is 1. The maximum absolute atomic E-state index is 13.3. The monoisotopic (exact) mass is 524 g/mol. The fraction of sp³-hybridized carbons (Fsp3) is 0.524. The SMILES string of the molecule is CCCc1cc2c(N3CCn4c(nnc4C(F)(F)F)C3)nc(N3CCC(C(=O)OC(N)=O)C3)nc2s1. The Hall–Kier alpha value is -3.49. The molecule has 1 amide bonds. The number of halogens is 3. The van der Waals surface area contributed by atoms with Gasteiger partial charge in [-0.3, -0.25) is 4.79 Å². The number of nitrogens with zero attached hydrogens (tertiary/aromatic N) is 7. The van der Waals surface area contributed by atoms with Crippen LogP contribution in [-0.2, 0) is 35.2 Å². The Morgan fingerprint density at radius 3 is 2.72 bits per heavy atom. The van der Waals surface area contributed by atoms with Gasteiger partial charge >= 0.3 is 18.2 Å². The highest BCUT2D eigenvalue weighted by atomic mass is 32.1. The molecule has 2 aliphatic heterocycles. The van der Waals surface area contributed by atoms with Crippen molar-refractivity contribution < 1.29 is 27.5 Å². The van der Waals surface area contributed by atoms with Crippen molar-refractivity contribution in [1.29, 1.82) is 0 Å². The molecule has 3 aromatic heterocycles. The van der Waals surface area contributed by atoms with Crippen molar-refractivity contribution in [2.45, 2.75) is 45.5 Å². The number of hydrogen-bond donors (Lipinski definition) is 1. The van der Waals surface area contributed by atoms with Crippen LogP contribution in [0.4, 0.5) is 29.7 Å². The number of aromatic nitrogens is 5. The van der Waals surface area contributed by atoms with Gasteiger partial charge in [0, 0.05) is 31.1 Å². The second-order valence-electron chi connectivity index (χ2n) is 8.71. The second kappa shape index (κ2) is 9.19. The zero-order chi connectivity index (χ0) is 25.6. The number of rotatable bonds is 5. The molecule has 1 fully saturated rings. The molecular weight excluding hydrogens is 501 g/mol. The first-order chi connectivity index (χ1) is 17.1. The van der Waals surface area contributed by atoms with Gasteiger partial charge in [-0.05, 0) is 18.9 Å². The first-order valence-corrected chi connectivity index (χ1v) is 12.3. The molecule has 1 saturated heterocycles. The normalized spacial score (nSPS) is 18.1. The Labute approximate surface area is 207 Å². The number of thiophene rings is 1. The third-order valence-electron chi connectivity index (χ3n) is 6.22. The van der Waals surface area contributed by atoms with E-state index in [2.05, 4.69) is 21.9 Å². The Kier molecular flexibility index (Phi) is 6.18. The lowest BCUT2D eigenvalue weighted by atomic mass is 10.1. The summed E-state index contributed by atoms with van der Waals surface area (Å²) in [5.41, 5.74) is 4.96. The molecule has 192 valence electrons. The molecule has 36 heavy (non-hydrogen) atoms. The predicted molar refractivity (Wildman–Crippen MR) is 123 cm³/mol. The largest absolute Gasteiger partial charge is 0.451 e. The van der Waals surface area contributed by atoms with E-state index in [0.717, 1.165) is 32.5 Å². The van der Waals surface area contributed by atoms with E-state index in [1.165, 1.54) is 0 Å². The molecule has 0 spiro atoms. The van der Waals surface area contributed by atoms with Crippen molar-refractivity contribution >= 4 is 45.4 Å². The lowest BCUT2D eigenvalue weighted by Crippen LogP contribution is -2.36. The number of ether oxygens (including phenoxy) is 1. The average Bonchev–Trinajstić information content (AvgIpc) is 3.54. The fourth-order valence-electron chi connectivity index (χ4n) is 4.56. The topological polar surface area (TPSA) is 132 Å². The summed E-state index contributed by atoms with van der Waals surface area (Å²) in [5.74, 6) is -1.03. The molecule has 5 heterocycles. The van der Waals surface area contributed by atoms with E-state index < -0.39 is 30.0 Å². The molecule has 1 unspecified atom stereocenters. The summed E-state index contributed by atoms with van der Waals surface area (Å²) in [7, 11) is 0. The van der Waals surface area contributed by atoms with E-state index in [0.29, 0.717) is 24.7 Å². The highest BCUT2D eigenvalue weighted by Crippen LogP contribution is 2.37. The smallest absolute Gasteiger partial charge is 0.376 e. The summed E-state index contributed by atoms with van der Waals surface area (Å²) >= 11 is 1.54. The van der Waals surface area contributed by atoms with Crippen LogP contribution in [0.1, 0.15) is 36.3 Å². The van der Waals surface area contributed by atoms with Crippen molar-refractivity contribution in [2.75, 3.05) is 29.4 Å². The lowest BCUT2D eigenvalue weighted by Gasteiger charge is -2.30. The van der Waals surface area contributed by atoms with E-state index in [4.69, 9.17) is 15.7 Å². The molecule has 0 radical (unpaired) electrons. The average molecular weight is 525 g/mol. The molecule has 0 bridgehead atoms. The molecule has 11 nitrogen and oxygen atoms in total. The van der Waals surface area contributed by atoms with Gasteiger partial charge in [0.15, 0.2) is 5.82 Å². The van der Waals surface area contributed by atoms with E-state index in [1.54, 1.807) is 11.3 Å². The molecule has 1 atom stereocenters. The van der Waals surface area contributed by atoms with Gasteiger partial charge in [0.05, 0.1) is 17.8 Å². The number of primary amides is 1. The number of nitrogens with two attached hydrogens (primary N) is 1. The number of anilines is 2. The van der Waals surface area contributed by atoms with E-state index >= 15 is 0 Å². The summed E-state index contributed by atoms with van der Waals surface area (Å²) in [5, 5.41) is 7.96. The van der Waals surface area contributed by atoms with Crippen molar-refractivity contribution in [1.82, 2.24) is 24.7 Å². The van der Waals surface area contributed by atoms with Crippen LogP contribution in [0.15, 0.2) is 6.07 Å². The van der Waals surface area contributed by atoms with Gasteiger partial charge < -0.3 is 24.8 Å². The fourth-order valence-corrected chi connectivity index (χ4v) is 5.68. The Morgan fingerprint density at radius 1 is 1.19 bits per heavy atom. The maximum Gasteiger partial charge on any atom is 0.451 e. The number of carbonyl (C=O) groups is 2. The lowest BCUT2D eigenvalue weighted by molar-refractivity contribution is -0.147. The van der Waals surface area contributed by atoms with Crippen LogP contribution in [-0.4, -0.2) is 56.4 Å². The quantitative estimate of drug-likeness (QED) is 0.395. The van der Waals surface area contributed by atoms with Crippen molar-refractivity contribution in [3.05, 3.63) is 22.6 Å². The van der Waals surface area contributed by atoms with Crippen LogP contribution in [0.2, 0.25) is 0 Å². The minimum atomic E-state index is -4.58. The Bertz CT molecular complexity index is 1320. The standard InChI is InChI=1S/C21H23F3N8O3S/c1-2-3-12-8-13-15(30-6-7-32-14(10-30)28-29-18(32)21(22,23)24)26-20(27-16(13)36-12)31-5-4-11(9-31)17(33)35-19(25)34/h8,11H,2-7,9-10H2,1H3,(H2,25,34). The summed E-state index contributed by atoms with van der Waals surface area (Å²) in [6, 6.07) is 2.03. The molecule has 3 aromatic rings. The van der Waals surface area contributed by atoms with Crippen LogP contribution < -0.4 is 15.5 Å². The van der Waals surface area contributed by atoms with Crippen molar-refractivity contribution in [3.63, 3.8) is 0 Å². The molecule has 0 aliphatic carbocycles. The summed E-state index contributed by atoms with van der Waals surface area (Å²) in [6.07, 6.45) is -3.46. The van der Waals surface area contributed by atoms with Gasteiger partial charge in [-0.25, -0.2) is 9.78 Å². The third-order valence-corrected chi connectivity index (χ3v) is 7.31. The predicted octanol–water partition coefficient (Wildman–Crippen LogP) is 2.72. The van der Waals surface area contributed by atoms with E-state index in [-0.39, 0.29) is 32.0 Å². The highest BCUT2D eigenvalue weighted by molar-refractivity contribution is 7.18. The molecule has 15 heteroatoms. The zero-order valence-electron chi connectivity index (χ0n) is 19.3. The van der Waals surface area contributed by atoms with Crippen molar-refractivity contribution in [3.8, 4) is 0 Å². The Balaban J connectivity index is 1.47. The van der Waals surface area contributed by atoms with E-state index in [1.807, 2.05) is 15.9 Å². The zero-order valence-corrected chi connectivity index (χ0v) is 20.1. The first kappa shape index (κ1) is 24.2. The summed E-state index contributed by atoms with van der Waals surface area (Å²) < 4.78 is 45.5. The van der Waals surface area contributed by atoms with Crippen LogP contribution in [0.3, 0.4) is 0 Å². The maximum atomic E-state index is 13.3. The number of fused-ring (bicyclic) bond motifs is 2. The van der Waals surface area contributed by atoms with Gasteiger partial charge in [-0.2, -0.15) is 18.2 Å². The minimum absolute atomic E-state index is 0.0642. The van der Waals surface area contributed by atoms with Crippen LogP contribution in [0.5, 0.6) is 0 Å². The van der Waals surface area contributed by atoms with Gasteiger partial charge in [-0.1, -0.05) is 13.3 Å². The number of alkyl halides is 3. The number of esters is 1. The molecule has 2 N–H and O–H groups in total. The van der Waals surface area contributed by atoms with Crippen LogP contribution >= 0.6 is 11.3 Å². The summed E-state index contributed by atoms with van der Waals surface area (Å²) in [4.78, 5) is 38.2. The molecular formula is C21H23F3N8O3S. The second-order valence-corrected chi connectivity index (χ2v) is 9.83. The van der Waals surface area contributed by atoms with Gasteiger partial charge in [0.1, 0.15) is 10.6 Å². The number of aryl methyl sites for hydroxylation is 1. The van der Waals surface area contributed by atoms with Gasteiger partial charge in [-0.15, -0.1) is 21.5 Å². The van der Waals surface area contributed by atoms with Gasteiger partial charge in [0.2, 0.25) is 11.8 Å². The number of hydrogen-bond acceptors (Lipinski definition) is 10. The molecule has 5 rings (SSSR count). The highest BCUT2D eigenvalue weighted by Gasteiger charge is 2.40. The minimum Gasteiger partial charge on any atom is -0.376 e. The van der Waals surface area contributed by atoms with Crippen LogP contribution in [0, 0.1) is 5.92 Å². The molecule has 2 aliphatic rings. The Morgan fingerprint density at radius 2 is 2.00 bits per heavy atom. The van der Waals surface area contributed by atoms with Gasteiger partial charge in [0.25, 0.3) is 0 Å². The number of carbonyl (C=O) groups excluding carboxylic acids is 2. The first-order valence-electron chi connectivity index (χ1n) is 11.4. The summed E-state index contributed by atoms with van der Waals surface area (Å²) in [6.45, 7) is 3.27. The van der Waals surface area contributed by atoms with Crippen LogP contribution in [0.25, 0.3) is 10.2 Å². The van der Waals surface area contributed by atoms with E-state index in [9.17, 15) is 22.8 Å². The molecule has 0 aromatic carbocycles.